The Morgan fingerprint density at radius 1 is 1.00 bits per heavy atom. The SMILES string of the molecule is O=C(NCCc1ccc(Cl)cc1)c1cc(Nc2ccc(F)c(F)c2)ncn1. The number of aromatic nitrogens is 2. The summed E-state index contributed by atoms with van der Waals surface area (Å²) in [7, 11) is 0. The summed E-state index contributed by atoms with van der Waals surface area (Å²) in [5.74, 6) is -1.99. The zero-order valence-electron chi connectivity index (χ0n) is 14.0. The summed E-state index contributed by atoms with van der Waals surface area (Å²) < 4.78 is 26.3. The van der Waals surface area contributed by atoms with E-state index in [4.69, 9.17) is 11.6 Å². The van der Waals surface area contributed by atoms with E-state index in [0.717, 1.165) is 17.7 Å². The molecular weight excluding hydrogens is 374 g/mol. The predicted octanol–water partition coefficient (Wildman–Crippen LogP) is 4.12. The molecule has 8 heteroatoms. The van der Waals surface area contributed by atoms with E-state index in [1.807, 2.05) is 12.1 Å². The number of anilines is 2. The van der Waals surface area contributed by atoms with Crippen molar-refractivity contribution in [3.8, 4) is 0 Å². The van der Waals surface area contributed by atoms with E-state index in [0.29, 0.717) is 29.5 Å². The van der Waals surface area contributed by atoms with Gasteiger partial charge in [0.15, 0.2) is 11.6 Å². The van der Waals surface area contributed by atoms with Crippen LogP contribution in [-0.2, 0) is 6.42 Å². The van der Waals surface area contributed by atoms with Crippen LogP contribution < -0.4 is 10.6 Å². The van der Waals surface area contributed by atoms with Crippen LogP contribution in [0.25, 0.3) is 0 Å². The molecule has 2 N–H and O–H groups in total. The molecule has 2 aromatic carbocycles. The minimum atomic E-state index is -0.978. The summed E-state index contributed by atoms with van der Waals surface area (Å²) in [6, 6.07) is 12.2. The number of rotatable bonds is 6. The number of hydrogen-bond donors (Lipinski definition) is 2. The first kappa shape index (κ1) is 18.7. The van der Waals surface area contributed by atoms with E-state index in [2.05, 4.69) is 20.6 Å². The van der Waals surface area contributed by atoms with Crippen LogP contribution in [-0.4, -0.2) is 22.4 Å². The maximum Gasteiger partial charge on any atom is 0.270 e. The van der Waals surface area contributed by atoms with E-state index < -0.39 is 11.6 Å². The molecule has 3 rings (SSSR count). The third kappa shape index (κ3) is 5.21. The van der Waals surface area contributed by atoms with Crippen molar-refractivity contribution in [2.75, 3.05) is 11.9 Å². The Hall–Kier alpha value is -3.06. The molecule has 1 heterocycles. The van der Waals surface area contributed by atoms with Gasteiger partial charge in [0.2, 0.25) is 0 Å². The fraction of sp³-hybridized carbons (Fsp3) is 0.105. The molecule has 0 atom stereocenters. The summed E-state index contributed by atoms with van der Waals surface area (Å²) >= 11 is 5.84. The fourth-order valence-electron chi connectivity index (χ4n) is 2.33. The quantitative estimate of drug-likeness (QED) is 0.666. The lowest BCUT2D eigenvalue weighted by Gasteiger charge is -2.08. The average molecular weight is 389 g/mol. The number of nitrogens with zero attached hydrogens (tertiary/aromatic N) is 2. The summed E-state index contributed by atoms with van der Waals surface area (Å²) in [5, 5.41) is 6.23. The Morgan fingerprint density at radius 3 is 2.52 bits per heavy atom. The third-order valence-electron chi connectivity index (χ3n) is 3.70. The minimum Gasteiger partial charge on any atom is -0.350 e. The standard InChI is InChI=1S/C19H15ClF2N4O/c20-13-3-1-12(2-4-13)7-8-23-19(27)17-10-18(25-11-24-17)26-14-5-6-15(21)16(22)9-14/h1-6,9-11H,7-8H2,(H,23,27)(H,24,25,26). The van der Waals surface area contributed by atoms with E-state index in [-0.39, 0.29) is 11.6 Å². The van der Waals surface area contributed by atoms with Gasteiger partial charge in [-0.2, -0.15) is 0 Å². The van der Waals surface area contributed by atoms with Crippen molar-refractivity contribution < 1.29 is 13.6 Å². The third-order valence-corrected chi connectivity index (χ3v) is 3.96. The molecule has 27 heavy (non-hydrogen) atoms. The van der Waals surface area contributed by atoms with Gasteiger partial charge < -0.3 is 10.6 Å². The van der Waals surface area contributed by atoms with Gasteiger partial charge in [0.05, 0.1) is 0 Å². The number of carbonyl (C=O) groups is 1. The molecule has 0 saturated heterocycles. The Kier molecular flexibility index (Phi) is 5.93. The number of halogens is 3. The van der Waals surface area contributed by atoms with E-state index >= 15 is 0 Å². The van der Waals surface area contributed by atoms with Crippen molar-refractivity contribution in [3.63, 3.8) is 0 Å². The van der Waals surface area contributed by atoms with Crippen LogP contribution >= 0.6 is 11.6 Å². The van der Waals surface area contributed by atoms with Crippen LogP contribution in [0.3, 0.4) is 0 Å². The maximum atomic E-state index is 13.3. The zero-order chi connectivity index (χ0) is 19.2. The first-order valence-electron chi connectivity index (χ1n) is 8.08. The predicted molar refractivity (Wildman–Crippen MR) is 99.2 cm³/mol. The number of amides is 1. The zero-order valence-corrected chi connectivity index (χ0v) is 14.8. The van der Waals surface area contributed by atoms with Gasteiger partial charge in [-0.3, -0.25) is 4.79 Å². The highest BCUT2D eigenvalue weighted by Gasteiger charge is 2.09. The molecule has 138 valence electrons. The molecule has 0 radical (unpaired) electrons. The van der Waals surface area contributed by atoms with Crippen LogP contribution in [0.5, 0.6) is 0 Å². The number of carbonyl (C=O) groups excluding carboxylic acids is 1. The van der Waals surface area contributed by atoms with Crippen LogP contribution in [0.1, 0.15) is 16.1 Å². The second kappa shape index (κ2) is 8.55. The van der Waals surface area contributed by atoms with Crippen molar-refractivity contribution in [3.05, 3.63) is 82.8 Å². The van der Waals surface area contributed by atoms with Gasteiger partial charge >= 0.3 is 0 Å². The van der Waals surface area contributed by atoms with Crippen molar-refractivity contribution in [1.82, 2.24) is 15.3 Å². The molecule has 0 bridgehead atoms. The lowest BCUT2D eigenvalue weighted by Crippen LogP contribution is -2.26. The van der Waals surface area contributed by atoms with Crippen LogP contribution in [0.4, 0.5) is 20.3 Å². The molecule has 1 aromatic heterocycles. The van der Waals surface area contributed by atoms with E-state index in [9.17, 15) is 13.6 Å². The highest BCUT2D eigenvalue weighted by atomic mass is 35.5. The highest BCUT2D eigenvalue weighted by molar-refractivity contribution is 6.30. The number of nitrogens with one attached hydrogen (secondary N) is 2. The Morgan fingerprint density at radius 2 is 1.78 bits per heavy atom. The van der Waals surface area contributed by atoms with Gasteiger partial charge in [-0.1, -0.05) is 23.7 Å². The smallest absolute Gasteiger partial charge is 0.270 e. The molecule has 0 unspecified atom stereocenters. The van der Waals surface area contributed by atoms with Gasteiger partial charge in [0, 0.05) is 29.4 Å². The first-order chi connectivity index (χ1) is 13.0. The Balaban J connectivity index is 1.59. The van der Waals surface area contributed by atoms with Crippen molar-refractivity contribution >= 4 is 29.0 Å². The van der Waals surface area contributed by atoms with Crippen LogP contribution in [0.15, 0.2) is 54.9 Å². The highest BCUT2D eigenvalue weighted by Crippen LogP contribution is 2.17. The molecule has 5 nitrogen and oxygen atoms in total. The maximum absolute atomic E-state index is 13.3. The minimum absolute atomic E-state index is 0.159. The molecule has 0 spiro atoms. The van der Waals surface area contributed by atoms with E-state index in [1.165, 1.54) is 18.5 Å². The van der Waals surface area contributed by atoms with Crippen molar-refractivity contribution in [1.29, 1.82) is 0 Å². The monoisotopic (exact) mass is 388 g/mol. The Labute approximate surface area is 159 Å². The number of hydrogen-bond acceptors (Lipinski definition) is 4. The topological polar surface area (TPSA) is 66.9 Å². The Bertz CT molecular complexity index is 951. The normalized spacial score (nSPS) is 10.5. The molecule has 1 amide bonds. The second-order valence-corrected chi connectivity index (χ2v) is 6.11. The van der Waals surface area contributed by atoms with E-state index in [1.54, 1.807) is 12.1 Å². The lowest BCUT2D eigenvalue weighted by molar-refractivity contribution is 0.0949. The van der Waals surface area contributed by atoms with Crippen LogP contribution in [0, 0.1) is 11.6 Å². The lowest BCUT2D eigenvalue weighted by atomic mass is 10.1. The summed E-state index contributed by atoms with van der Waals surface area (Å²) in [6.07, 6.45) is 1.87. The molecular formula is C19H15ClF2N4O. The molecule has 0 aliphatic rings. The van der Waals surface area contributed by atoms with Crippen LogP contribution in [0.2, 0.25) is 5.02 Å². The summed E-state index contributed by atoms with van der Waals surface area (Å²) in [4.78, 5) is 20.1. The summed E-state index contributed by atoms with van der Waals surface area (Å²) in [6.45, 7) is 0.427. The molecule has 0 aliphatic carbocycles. The molecule has 0 aliphatic heterocycles. The fourth-order valence-corrected chi connectivity index (χ4v) is 2.46. The van der Waals surface area contributed by atoms with Gasteiger partial charge in [-0.25, -0.2) is 18.7 Å². The summed E-state index contributed by atoms with van der Waals surface area (Å²) in [5.41, 5.74) is 1.51. The average Bonchev–Trinajstić information content (AvgIpc) is 2.66. The van der Waals surface area contributed by atoms with Gasteiger partial charge in [-0.15, -0.1) is 0 Å². The molecule has 0 saturated carbocycles. The second-order valence-electron chi connectivity index (χ2n) is 5.67. The molecule has 3 aromatic rings. The molecule has 0 fully saturated rings. The largest absolute Gasteiger partial charge is 0.350 e. The van der Waals surface area contributed by atoms with Gasteiger partial charge in [0.1, 0.15) is 17.8 Å². The van der Waals surface area contributed by atoms with Gasteiger partial charge in [0.25, 0.3) is 5.91 Å². The van der Waals surface area contributed by atoms with Crippen molar-refractivity contribution in [2.24, 2.45) is 0 Å². The van der Waals surface area contributed by atoms with Gasteiger partial charge in [-0.05, 0) is 36.2 Å². The number of benzene rings is 2. The van der Waals surface area contributed by atoms with Crippen molar-refractivity contribution in [2.45, 2.75) is 6.42 Å². The first-order valence-corrected chi connectivity index (χ1v) is 8.46.